The third kappa shape index (κ3) is 3.11. The number of nitrogens with one attached hydrogen (secondary N) is 1. The lowest BCUT2D eigenvalue weighted by Crippen LogP contribution is -2.56. The summed E-state index contributed by atoms with van der Waals surface area (Å²) in [4.78, 5) is 0.279. The first-order valence-electron chi connectivity index (χ1n) is 7.77. The number of aromatic nitrogens is 4. The average Bonchev–Trinajstić information content (AvgIpc) is 3.13. The van der Waals surface area contributed by atoms with Crippen molar-refractivity contribution in [1.82, 2.24) is 24.3 Å². The van der Waals surface area contributed by atoms with Crippen LogP contribution in [0.2, 0.25) is 0 Å². The van der Waals surface area contributed by atoms with Crippen molar-refractivity contribution in [3.63, 3.8) is 0 Å². The van der Waals surface area contributed by atoms with Crippen LogP contribution in [0.1, 0.15) is 0 Å². The predicted octanol–water partition coefficient (Wildman–Crippen LogP) is 1.15. The van der Waals surface area contributed by atoms with Crippen molar-refractivity contribution in [2.24, 2.45) is 0 Å². The molecule has 2 aromatic heterocycles. The second-order valence-corrected chi connectivity index (χ2v) is 7.65. The van der Waals surface area contributed by atoms with Crippen molar-refractivity contribution in [2.45, 2.75) is 10.9 Å². The Morgan fingerprint density at radius 1 is 1.04 bits per heavy atom. The summed E-state index contributed by atoms with van der Waals surface area (Å²) in [5.41, 5.74) is 0.815. The number of anilines is 1. The number of sulfonamides is 1. The first-order valence-corrected chi connectivity index (χ1v) is 9.21. The second kappa shape index (κ2) is 6.26. The zero-order chi connectivity index (χ0) is 17.3. The highest BCUT2D eigenvalue weighted by atomic mass is 32.2. The van der Waals surface area contributed by atoms with Gasteiger partial charge in [0.1, 0.15) is 5.82 Å². The monoisotopic (exact) mass is 356 g/mol. The van der Waals surface area contributed by atoms with Crippen LogP contribution in [0.5, 0.6) is 0 Å². The van der Waals surface area contributed by atoms with Gasteiger partial charge in [-0.05, 0) is 42.5 Å². The smallest absolute Gasteiger partial charge is 0.243 e. The summed E-state index contributed by atoms with van der Waals surface area (Å²) in [6.07, 6.45) is 5.08. The largest absolute Gasteiger partial charge is 0.363 e. The Hall–Kier alpha value is -2.78. The molecule has 3 aromatic rings. The van der Waals surface area contributed by atoms with Crippen LogP contribution in [0.4, 0.5) is 5.82 Å². The molecule has 1 aliphatic heterocycles. The lowest BCUT2D eigenvalue weighted by Gasteiger charge is -2.38. The van der Waals surface area contributed by atoms with E-state index in [0.717, 1.165) is 5.69 Å². The topological polar surface area (TPSA) is 93.0 Å². The Balaban J connectivity index is 1.42. The van der Waals surface area contributed by atoms with Gasteiger partial charge in [0.15, 0.2) is 0 Å². The predicted molar refractivity (Wildman–Crippen MR) is 91.8 cm³/mol. The van der Waals surface area contributed by atoms with Gasteiger partial charge in [0.2, 0.25) is 10.0 Å². The van der Waals surface area contributed by atoms with Gasteiger partial charge in [-0.15, -0.1) is 5.10 Å². The number of nitrogens with zero attached hydrogens (tertiary/aromatic N) is 5. The van der Waals surface area contributed by atoms with E-state index in [2.05, 4.69) is 20.6 Å². The first kappa shape index (κ1) is 15.7. The molecule has 0 atom stereocenters. The zero-order valence-corrected chi connectivity index (χ0v) is 14.0. The highest BCUT2D eigenvalue weighted by molar-refractivity contribution is 7.89. The van der Waals surface area contributed by atoms with Crippen LogP contribution in [0.3, 0.4) is 0 Å². The maximum atomic E-state index is 12.7. The van der Waals surface area contributed by atoms with Gasteiger partial charge in [0.05, 0.1) is 16.6 Å². The molecule has 0 unspecified atom stereocenters. The molecule has 1 saturated heterocycles. The molecule has 0 saturated carbocycles. The number of benzene rings is 1. The summed E-state index contributed by atoms with van der Waals surface area (Å²) in [6, 6.07) is 12.1. The Morgan fingerprint density at radius 3 is 2.48 bits per heavy atom. The van der Waals surface area contributed by atoms with Gasteiger partial charge in [0.25, 0.3) is 0 Å². The molecule has 25 heavy (non-hydrogen) atoms. The molecule has 0 aliphatic carbocycles. The van der Waals surface area contributed by atoms with Gasteiger partial charge in [-0.25, -0.2) is 13.1 Å². The van der Waals surface area contributed by atoms with E-state index in [1.165, 1.54) is 4.31 Å². The van der Waals surface area contributed by atoms with E-state index in [1.807, 2.05) is 12.3 Å². The molecule has 0 bridgehead atoms. The summed E-state index contributed by atoms with van der Waals surface area (Å²) in [7, 11) is -3.49. The quantitative estimate of drug-likeness (QED) is 0.737. The molecule has 3 heterocycles. The molecule has 0 spiro atoms. The van der Waals surface area contributed by atoms with E-state index in [-0.39, 0.29) is 10.9 Å². The molecule has 0 amide bonds. The molecule has 8 nitrogen and oxygen atoms in total. The maximum absolute atomic E-state index is 12.7. The summed E-state index contributed by atoms with van der Waals surface area (Å²) in [5.74, 6) is 0.646. The maximum Gasteiger partial charge on any atom is 0.243 e. The molecular weight excluding hydrogens is 340 g/mol. The number of hydrogen-bond donors (Lipinski definition) is 1. The van der Waals surface area contributed by atoms with Gasteiger partial charge < -0.3 is 5.32 Å². The summed E-state index contributed by atoms with van der Waals surface area (Å²) in [6.45, 7) is 0.805. The van der Waals surface area contributed by atoms with Crippen molar-refractivity contribution in [3.05, 3.63) is 61.1 Å². The summed E-state index contributed by atoms with van der Waals surface area (Å²) < 4.78 is 28.4. The highest BCUT2D eigenvalue weighted by Crippen LogP contribution is 2.24. The fourth-order valence-corrected chi connectivity index (χ4v) is 4.19. The Bertz CT molecular complexity index is 936. The average molecular weight is 356 g/mol. The van der Waals surface area contributed by atoms with Crippen molar-refractivity contribution >= 4 is 15.8 Å². The number of rotatable bonds is 5. The van der Waals surface area contributed by atoms with Crippen LogP contribution in [0.15, 0.2) is 66.0 Å². The fourth-order valence-electron chi connectivity index (χ4n) is 2.65. The van der Waals surface area contributed by atoms with Gasteiger partial charge in [-0.1, -0.05) is 0 Å². The van der Waals surface area contributed by atoms with E-state index in [1.54, 1.807) is 53.5 Å². The minimum Gasteiger partial charge on any atom is -0.363 e. The normalized spacial score (nSPS) is 15.7. The number of hydrogen-bond acceptors (Lipinski definition) is 6. The van der Waals surface area contributed by atoms with Crippen LogP contribution in [-0.2, 0) is 10.0 Å². The minimum absolute atomic E-state index is 0.0369. The van der Waals surface area contributed by atoms with Crippen molar-refractivity contribution in [2.75, 3.05) is 18.4 Å². The zero-order valence-electron chi connectivity index (χ0n) is 13.2. The van der Waals surface area contributed by atoms with Crippen LogP contribution >= 0.6 is 0 Å². The van der Waals surface area contributed by atoms with Crippen LogP contribution in [0.25, 0.3) is 5.69 Å². The van der Waals surface area contributed by atoms with Crippen molar-refractivity contribution in [3.8, 4) is 5.69 Å². The van der Waals surface area contributed by atoms with E-state index < -0.39 is 10.0 Å². The highest BCUT2D eigenvalue weighted by Gasteiger charge is 2.36. The Morgan fingerprint density at radius 2 is 1.84 bits per heavy atom. The molecule has 128 valence electrons. The Labute approximate surface area is 145 Å². The molecular formula is C16H16N6O2S. The standard InChI is InChI=1S/C16H16N6O2S/c23-25(24,15-6-4-14(5-7-15)22-10-2-9-18-22)21-11-13(12-21)19-16-3-1-8-17-20-16/h1-10,13H,11-12H2,(H,19,20). The van der Waals surface area contributed by atoms with Gasteiger partial charge >= 0.3 is 0 Å². The molecule has 4 rings (SSSR count). The third-order valence-electron chi connectivity index (χ3n) is 4.02. The van der Waals surface area contributed by atoms with E-state index >= 15 is 0 Å². The minimum atomic E-state index is -3.49. The van der Waals surface area contributed by atoms with E-state index in [9.17, 15) is 8.42 Å². The van der Waals surface area contributed by atoms with Crippen LogP contribution < -0.4 is 5.32 Å². The van der Waals surface area contributed by atoms with Crippen molar-refractivity contribution < 1.29 is 8.42 Å². The van der Waals surface area contributed by atoms with Gasteiger partial charge in [0, 0.05) is 31.7 Å². The third-order valence-corrected chi connectivity index (χ3v) is 5.86. The lowest BCUT2D eigenvalue weighted by atomic mass is 10.2. The van der Waals surface area contributed by atoms with E-state index in [0.29, 0.717) is 18.9 Å². The van der Waals surface area contributed by atoms with Crippen LogP contribution in [0, 0.1) is 0 Å². The lowest BCUT2D eigenvalue weighted by molar-refractivity contribution is 0.280. The molecule has 0 radical (unpaired) electrons. The fraction of sp³-hybridized carbons (Fsp3) is 0.188. The summed E-state index contributed by atoms with van der Waals surface area (Å²) in [5, 5.41) is 15.0. The molecule has 1 N–H and O–H groups in total. The Kier molecular flexibility index (Phi) is 3.94. The SMILES string of the molecule is O=S(=O)(c1ccc(-n2cccn2)cc1)N1CC(Nc2cccnn2)C1. The van der Waals surface area contributed by atoms with Crippen LogP contribution in [-0.4, -0.2) is 51.8 Å². The van der Waals surface area contributed by atoms with Gasteiger partial charge in [-0.2, -0.15) is 14.5 Å². The van der Waals surface area contributed by atoms with Crippen molar-refractivity contribution in [1.29, 1.82) is 0 Å². The second-order valence-electron chi connectivity index (χ2n) is 5.72. The molecule has 9 heteroatoms. The molecule has 1 aromatic carbocycles. The summed E-state index contributed by atoms with van der Waals surface area (Å²) >= 11 is 0. The molecule has 1 fully saturated rings. The van der Waals surface area contributed by atoms with E-state index in [4.69, 9.17) is 0 Å². The molecule has 1 aliphatic rings. The van der Waals surface area contributed by atoms with Gasteiger partial charge in [-0.3, -0.25) is 0 Å². The first-order chi connectivity index (χ1) is 12.1.